The minimum absolute atomic E-state index is 0.0717. The van der Waals surface area contributed by atoms with Crippen LogP contribution < -0.4 is 10.1 Å². The van der Waals surface area contributed by atoms with Gasteiger partial charge in [0.05, 0.1) is 6.20 Å². The Bertz CT molecular complexity index is 545. The molecule has 0 bridgehead atoms. The van der Waals surface area contributed by atoms with Gasteiger partial charge in [-0.05, 0) is 24.6 Å². The first-order chi connectivity index (χ1) is 9.29. The van der Waals surface area contributed by atoms with Crippen molar-refractivity contribution in [1.29, 1.82) is 5.26 Å². The topological polar surface area (TPSA) is 73.7 Å². The molecule has 0 spiro atoms. The number of hydrogen-bond donors (Lipinski definition) is 2. The molecule has 0 aliphatic heterocycles. The van der Waals surface area contributed by atoms with Crippen molar-refractivity contribution < 1.29 is 4.74 Å². The van der Waals surface area contributed by atoms with Crippen LogP contribution in [-0.2, 0) is 6.54 Å². The Morgan fingerprint density at radius 2 is 2.42 bits per heavy atom. The Kier molecular flexibility index (Phi) is 4.54. The summed E-state index contributed by atoms with van der Waals surface area (Å²) in [6.45, 7) is 2.89. The number of nitriles is 1. The van der Waals surface area contributed by atoms with Gasteiger partial charge in [0.1, 0.15) is 11.8 Å². The Balaban J connectivity index is 1.90. The zero-order valence-corrected chi connectivity index (χ0v) is 10.8. The van der Waals surface area contributed by atoms with E-state index in [4.69, 9.17) is 10.00 Å². The second kappa shape index (κ2) is 6.57. The molecule has 1 heterocycles. The van der Waals surface area contributed by atoms with E-state index in [-0.39, 0.29) is 12.6 Å². The number of aromatic amines is 1. The summed E-state index contributed by atoms with van der Waals surface area (Å²) < 4.78 is 5.27. The van der Waals surface area contributed by atoms with Gasteiger partial charge in [-0.25, -0.2) is 0 Å². The molecule has 0 aliphatic rings. The van der Waals surface area contributed by atoms with Crippen molar-refractivity contribution in [2.24, 2.45) is 0 Å². The molecular formula is C14H16N4O. The van der Waals surface area contributed by atoms with Gasteiger partial charge in [-0.3, -0.25) is 5.10 Å². The highest BCUT2D eigenvalue weighted by Gasteiger charge is 2.05. The zero-order valence-electron chi connectivity index (χ0n) is 10.8. The smallest absolute Gasteiger partial charge is 0.174 e. The molecule has 19 heavy (non-hydrogen) atoms. The number of nitrogens with zero attached hydrogens (tertiary/aromatic N) is 2. The van der Waals surface area contributed by atoms with Gasteiger partial charge in [0.2, 0.25) is 0 Å². The quantitative estimate of drug-likeness (QED) is 0.830. The Labute approximate surface area is 112 Å². The van der Waals surface area contributed by atoms with Gasteiger partial charge in [0.25, 0.3) is 0 Å². The van der Waals surface area contributed by atoms with E-state index in [1.54, 1.807) is 0 Å². The molecule has 2 rings (SSSR count). The fourth-order valence-electron chi connectivity index (χ4n) is 1.75. The minimum atomic E-state index is 0.0717. The zero-order chi connectivity index (χ0) is 13.5. The van der Waals surface area contributed by atoms with Gasteiger partial charge < -0.3 is 10.1 Å². The van der Waals surface area contributed by atoms with E-state index in [2.05, 4.69) is 22.4 Å². The SMILES string of the molecule is CC(NCc1cccc(OCC#N)c1)c1cn[nH]c1. The number of nitrogens with one attached hydrogen (secondary N) is 2. The molecule has 1 aromatic heterocycles. The third kappa shape index (κ3) is 3.83. The lowest BCUT2D eigenvalue weighted by atomic mass is 10.1. The maximum Gasteiger partial charge on any atom is 0.174 e. The van der Waals surface area contributed by atoms with Crippen molar-refractivity contribution in [3.8, 4) is 11.8 Å². The van der Waals surface area contributed by atoms with Crippen LogP contribution in [0, 0.1) is 11.3 Å². The molecule has 2 N–H and O–H groups in total. The molecule has 0 radical (unpaired) electrons. The predicted octanol–water partition coefficient (Wildman–Crippen LogP) is 2.16. The number of H-pyrrole nitrogens is 1. The number of rotatable bonds is 6. The summed E-state index contributed by atoms with van der Waals surface area (Å²) in [5.74, 6) is 0.719. The maximum absolute atomic E-state index is 8.48. The largest absolute Gasteiger partial charge is 0.479 e. The summed E-state index contributed by atoms with van der Waals surface area (Å²) in [7, 11) is 0. The highest BCUT2D eigenvalue weighted by Crippen LogP contribution is 2.15. The Hall–Kier alpha value is -2.32. The summed E-state index contributed by atoms with van der Waals surface area (Å²) in [6, 6.07) is 9.91. The normalized spacial score (nSPS) is 11.8. The van der Waals surface area contributed by atoms with E-state index in [1.807, 2.05) is 42.7 Å². The lowest BCUT2D eigenvalue weighted by molar-refractivity contribution is 0.367. The van der Waals surface area contributed by atoms with Crippen molar-refractivity contribution in [2.75, 3.05) is 6.61 Å². The number of hydrogen-bond acceptors (Lipinski definition) is 4. The Morgan fingerprint density at radius 1 is 1.53 bits per heavy atom. The molecule has 0 aliphatic carbocycles. The molecule has 2 aromatic rings. The monoisotopic (exact) mass is 256 g/mol. The number of aromatic nitrogens is 2. The molecular weight excluding hydrogens is 240 g/mol. The van der Waals surface area contributed by atoms with E-state index in [0.717, 1.165) is 23.4 Å². The highest BCUT2D eigenvalue weighted by atomic mass is 16.5. The fraction of sp³-hybridized carbons (Fsp3) is 0.286. The molecule has 5 heteroatoms. The molecule has 1 unspecified atom stereocenters. The van der Waals surface area contributed by atoms with Crippen molar-refractivity contribution in [3.05, 3.63) is 47.8 Å². The summed E-state index contributed by atoms with van der Waals surface area (Å²) in [5, 5.41) is 18.6. The van der Waals surface area contributed by atoms with Gasteiger partial charge in [0.15, 0.2) is 6.61 Å². The third-order valence-corrected chi connectivity index (χ3v) is 2.83. The fourth-order valence-corrected chi connectivity index (χ4v) is 1.75. The van der Waals surface area contributed by atoms with Crippen LogP contribution in [0.25, 0.3) is 0 Å². The maximum atomic E-state index is 8.48. The minimum Gasteiger partial charge on any atom is -0.479 e. The van der Waals surface area contributed by atoms with Crippen LogP contribution in [0.4, 0.5) is 0 Å². The molecule has 1 atom stereocenters. The predicted molar refractivity (Wildman–Crippen MR) is 71.4 cm³/mol. The van der Waals surface area contributed by atoms with Crippen LogP contribution in [0.5, 0.6) is 5.75 Å². The lowest BCUT2D eigenvalue weighted by Gasteiger charge is -2.12. The summed E-state index contributed by atoms with van der Waals surface area (Å²) >= 11 is 0. The molecule has 1 aromatic carbocycles. The second-order valence-electron chi connectivity index (χ2n) is 4.23. The van der Waals surface area contributed by atoms with Gasteiger partial charge in [0, 0.05) is 24.3 Å². The van der Waals surface area contributed by atoms with Crippen LogP contribution in [-0.4, -0.2) is 16.8 Å². The summed E-state index contributed by atoms with van der Waals surface area (Å²) in [5.41, 5.74) is 2.24. The van der Waals surface area contributed by atoms with Crippen LogP contribution in [0.1, 0.15) is 24.1 Å². The first-order valence-electron chi connectivity index (χ1n) is 6.10. The molecule has 0 fully saturated rings. The summed E-state index contributed by atoms with van der Waals surface area (Å²) in [4.78, 5) is 0. The number of benzene rings is 1. The standard InChI is InChI=1S/C14H16N4O/c1-11(13-9-17-18-10-13)16-8-12-3-2-4-14(7-12)19-6-5-15/h2-4,7,9-11,16H,6,8H2,1H3,(H,17,18). The first-order valence-corrected chi connectivity index (χ1v) is 6.10. The highest BCUT2D eigenvalue weighted by molar-refractivity contribution is 5.28. The molecule has 0 saturated carbocycles. The molecule has 5 nitrogen and oxygen atoms in total. The van der Waals surface area contributed by atoms with Gasteiger partial charge >= 0.3 is 0 Å². The molecule has 98 valence electrons. The van der Waals surface area contributed by atoms with Crippen molar-refractivity contribution >= 4 is 0 Å². The number of ether oxygens (including phenoxy) is 1. The lowest BCUT2D eigenvalue weighted by Crippen LogP contribution is -2.17. The third-order valence-electron chi connectivity index (χ3n) is 2.83. The van der Waals surface area contributed by atoms with E-state index in [1.165, 1.54) is 0 Å². The molecule has 0 saturated heterocycles. The molecule has 0 amide bonds. The van der Waals surface area contributed by atoms with E-state index >= 15 is 0 Å². The Morgan fingerprint density at radius 3 is 3.16 bits per heavy atom. The van der Waals surface area contributed by atoms with Crippen LogP contribution in [0.2, 0.25) is 0 Å². The van der Waals surface area contributed by atoms with E-state index < -0.39 is 0 Å². The van der Waals surface area contributed by atoms with Crippen LogP contribution in [0.3, 0.4) is 0 Å². The first kappa shape index (κ1) is 13.1. The van der Waals surface area contributed by atoms with Crippen molar-refractivity contribution in [1.82, 2.24) is 15.5 Å². The van der Waals surface area contributed by atoms with Crippen molar-refractivity contribution in [3.63, 3.8) is 0 Å². The van der Waals surface area contributed by atoms with Gasteiger partial charge in [-0.2, -0.15) is 10.4 Å². The van der Waals surface area contributed by atoms with Crippen LogP contribution >= 0.6 is 0 Å². The average Bonchev–Trinajstić information content (AvgIpc) is 2.97. The van der Waals surface area contributed by atoms with Gasteiger partial charge in [-0.1, -0.05) is 12.1 Å². The van der Waals surface area contributed by atoms with E-state index in [9.17, 15) is 0 Å². The van der Waals surface area contributed by atoms with Gasteiger partial charge in [-0.15, -0.1) is 0 Å². The van der Waals surface area contributed by atoms with Crippen molar-refractivity contribution in [2.45, 2.75) is 19.5 Å². The second-order valence-corrected chi connectivity index (χ2v) is 4.23. The van der Waals surface area contributed by atoms with E-state index in [0.29, 0.717) is 0 Å². The average molecular weight is 256 g/mol. The van der Waals surface area contributed by atoms with Crippen LogP contribution in [0.15, 0.2) is 36.7 Å². The summed E-state index contributed by atoms with van der Waals surface area (Å²) in [6.07, 6.45) is 3.69.